The lowest BCUT2D eigenvalue weighted by Gasteiger charge is -2.36. The van der Waals surface area contributed by atoms with E-state index in [1.807, 2.05) is 24.3 Å². The van der Waals surface area contributed by atoms with Crippen molar-refractivity contribution in [2.24, 2.45) is 0 Å². The molecule has 1 fully saturated rings. The Balaban J connectivity index is 1.14. The van der Waals surface area contributed by atoms with Gasteiger partial charge in [0.2, 0.25) is 0 Å². The van der Waals surface area contributed by atoms with Gasteiger partial charge in [0.05, 0.1) is 18.5 Å². The van der Waals surface area contributed by atoms with Crippen molar-refractivity contribution in [3.05, 3.63) is 72.3 Å². The second kappa shape index (κ2) is 12.9. The molecule has 4 aromatic rings. The molecule has 1 N–H and O–H groups in total. The number of ether oxygens (including phenoxy) is 2. The maximum Gasteiger partial charge on any atom is 0.412 e. The van der Waals surface area contributed by atoms with Gasteiger partial charge in [-0.1, -0.05) is 48.5 Å². The van der Waals surface area contributed by atoms with Gasteiger partial charge in [-0.15, -0.1) is 0 Å². The van der Waals surface area contributed by atoms with E-state index >= 15 is 0 Å². The third kappa shape index (κ3) is 5.82. The van der Waals surface area contributed by atoms with Gasteiger partial charge in [-0.3, -0.25) is 9.88 Å². The number of imidazole rings is 1. The summed E-state index contributed by atoms with van der Waals surface area (Å²) in [5.74, 6) is 0.186. The van der Waals surface area contributed by atoms with E-state index in [4.69, 9.17) is 19.9 Å². The van der Waals surface area contributed by atoms with Crippen LogP contribution in [0.5, 0.6) is 0 Å². The average Bonchev–Trinajstić information content (AvgIpc) is 3.73. The highest BCUT2D eigenvalue weighted by atomic mass is 31.2. The molecule has 2 aliphatic rings. The van der Waals surface area contributed by atoms with Crippen LogP contribution >= 0.6 is 8.53 Å². The number of anilines is 1. The van der Waals surface area contributed by atoms with Crippen molar-refractivity contribution >= 4 is 31.6 Å². The molecule has 4 atom stereocenters. The molecule has 11 nitrogen and oxygen atoms in total. The van der Waals surface area contributed by atoms with Crippen molar-refractivity contribution in [1.82, 2.24) is 24.2 Å². The SMILES string of the molecule is [2H]C[C@H]1O[C@@H](n2cnc3c(NC(=O)OCC4c5ccccc5-c5ccccc54)ncnc32)CC1OP(OC)N(C(C)C)C(C)C. The van der Waals surface area contributed by atoms with Crippen LogP contribution in [0.2, 0.25) is 0 Å². The first kappa shape index (κ1) is 29.3. The zero-order chi connectivity index (χ0) is 31.7. The van der Waals surface area contributed by atoms with E-state index < -0.39 is 27.0 Å². The first-order valence-corrected chi connectivity index (χ1v) is 16.0. The number of nitrogens with one attached hydrogen (secondary N) is 1. The number of hydrogen-bond acceptors (Lipinski definition) is 9. The molecule has 12 heteroatoms. The summed E-state index contributed by atoms with van der Waals surface area (Å²) in [5, 5.41) is 2.75. The lowest BCUT2D eigenvalue weighted by molar-refractivity contribution is -0.00447. The monoisotopic (exact) mass is 619 g/mol. The Hall–Kier alpha value is -3.47. The molecule has 44 heavy (non-hydrogen) atoms. The van der Waals surface area contributed by atoms with E-state index in [-0.39, 0.29) is 43.4 Å². The van der Waals surface area contributed by atoms with Crippen molar-refractivity contribution in [2.45, 2.75) is 77.5 Å². The molecule has 0 saturated carbocycles. The third-order valence-corrected chi connectivity index (χ3v) is 10.1. The highest BCUT2D eigenvalue weighted by Gasteiger charge is 2.39. The molecule has 3 heterocycles. The maximum atomic E-state index is 13.0. The summed E-state index contributed by atoms with van der Waals surface area (Å²) < 4.78 is 36.3. The van der Waals surface area contributed by atoms with Gasteiger partial charge in [0.25, 0.3) is 8.53 Å². The molecule has 0 spiro atoms. The van der Waals surface area contributed by atoms with Crippen molar-refractivity contribution < 1.29 is 24.7 Å². The summed E-state index contributed by atoms with van der Waals surface area (Å²) in [4.78, 5) is 26.2. The van der Waals surface area contributed by atoms with Crippen LogP contribution in [0.4, 0.5) is 10.6 Å². The zero-order valence-electron chi connectivity index (χ0n) is 26.6. The number of fused-ring (bicyclic) bond motifs is 4. The second-order valence-corrected chi connectivity index (χ2v) is 13.0. The fraction of sp³-hybridized carbons (Fsp3) is 0.438. The second-order valence-electron chi connectivity index (χ2n) is 11.5. The van der Waals surface area contributed by atoms with Crippen LogP contribution in [0.15, 0.2) is 61.2 Å². The summed E-state index contributed by atoms with van der Waals surface area (Å²) in [6, 6.07) is 16.8. The Morgan fingerprint density at radius 2 is 1.77 bits per heavy atom. The zero-order valence-corrected chi connectivity index (χ0v) is 26.5. The number of rotatable bonds is 10. The molecule has 2 aromatic heterocycles. The standard InChI is InChI=1S/C32H39N6O5P/c1-19(2)38(20(3)4)44(40-6)43-27-15-28(42-21(27)5)37-18-35-29-30(33-17-34-31(29)37)36-32(39)41-16-26-24-13-9-7-11-22(24)23-12-8-10-14-25(23)26/h7-14,17-21,26-28H,15-16H2,1-6H3,(H,33,34,36,39)/t21-,27?,28-,44?/m1/s1/i5D. The summed E-state index contributed by atoms with van der Waals surface area (Å²) in [6.07, 6.45) is 1.58. The molecular formula is C32H39N6O5P. The molecule has 1 aliphatic heterocycles. The number of carbonyl (C=O) groups is 1. The molecule has 1 aliphatic carbocycles. The minimum absolute atomic E-state index is 0.0353. The number of benzene rings is 2. The van der Waals surface area contributed by atoms with Gasteiger partial charge >= 0.3 is 6.09 Å². The fourth-order valence-electron chi connectivity index (χ4n) is 6.15. The molecular weight excluding hydrogens is 579 g/mol. The van der Waals surface area contributed by atoms with Gasteiger partial charge in [0, 0.05) is 32.9 Å². The first-order valence-electron chi connectivity index (χ1n) is 15.5. The number of carbonyl (C=O) groups excluding carboxylic acids is 1. The van der Waals surface area contributed by atoms with Gasteiger partial charge in [-0.2, -0.15) is 0 Å². The van der Waals surface area contributed by atoms with E-state index in [1.54, 1.807) is 18.0 Å². The molecule has 2 aromatic carbocycles. The number of nitrogens with zero attached hydrogens (tertiary/aromatic N) is 5. The van der Waals surface area contributed by atoms with Crippen LogP contribution in [0.1, 0.15) is 65.7 Å². The highest BCUT2D eigenvalue weighted by Crippen LogP contribution is 2.49. The summed E-state index contributed by atoms with van der Waals surface area (Å²) in [7, 11) is 0.302. The van der Waals surface area contributed by atoms with Gasteiger partial charge in [0.15, 0.2) is 17.0 Å². The van der Waals surface area contributed by atoms with Crippen LogP contribution in [0, 0.1) is 0 Å². The molecule has 0 bridgehead atoms. The largest absolute Gasteiger partial charge is 0.448 e. The molecule has 1 saturated heterocycles. The van der Waals surface area contributed by atoms with Gasteiger partial charge in [0.1, 0.15) is 19.2 Å². The van der Waals surface area contributed by atoms with Crippen molar-refractivity contribution in [3.8, 4) is 11.1 Å². The molecule has 2 unspecified atom stereocenters. The quantitative estimate of drug-likeness (QED) is 0.190. The van der Waals surface area contributed by atoms with Crippen molar-refractivity contribution in [1.29, 1.82) is 0 Å². The summed E-state index contributed by atoms with van der Waals surface area (Å²) in [6.45, 7) is 8.66. The Labute approximate surface area is 260 Å². The predicted octanol–water partition coefficient (Wildman–Crippen LogP) is 6.87. The van der Waals surface area contributed by atoms with Crippen LogP contribution in [0.25, 0.3) is 22.3 Å². The predicted molar refractivity (Wildman–Crippen MR) is 169 cm³/mol. The minimum Gasteiger partial charge on any atom is -0.448 e. The van der Waals surface area contributed by atoms with Crippen LogP contribution in [0.3, 0.4) is 0 Å². The molecule has 0 radical (unpaired) electrons. The first-order chi connectivity index (χ1) is 21.8. The Bertz CT molecular complexity index is 1600. The number of aromatic nitrogens is 4. The topological polar surface area (TPSA) is 113 Å². The highest BCUT2D eigenvalue weighted by molar-refractivity contribution is 7.44. The third-order valence-electron chi connectivity index (χ3n) is 8.04. The van der Waals surface area contributed by atoms with E-state index in [0.717, 1.165) is 22.3 Å². The smallest absolute Gasteiger partial charge is 0.412 e. The summed E-state index contributed by atoms with van der Waals surface area (Å²) in [5.41, 5.74) is 5.50. The lowest BCUT2D eigenvalue weighted by atomic mass is 9.98. The van der Waals surface area contributed by atoms with Gasteiger partial charge in [-0.25, -0.2) is 24.4 Å². The van der Waals surface area contributed by atoms with Crippen molar-refractivity contribution in [3.63, 3.8) is 0 Å². The Morgan fingerprint density at radius 1 is 1.09 bits per heavy atom. The molecule has 6 rings (SSSR count). The lowest BCUT2D eigenvalue weighted by Crippen LogP contribution is -2.35. The van der Waals surface area contributed by atoms with Gasteiger partial charge < -0.3 is 18.5 Å². The number of amides is 1. The fourth-order valence-corrected chi connectivity index (χ4v) is 7.74. The van der Waals surface area contributed by atoms with Gasteiger partial charge in [-0.05, 0) is 56.8 Å². The van der Waals surface area contributed by atoms with Crippen LogP contribution in [-0.4, -0.2) is 68.3 Å². The normalized spacial score (nSPS) is 20.7. The maximum absolute atomic E-state index is 13.0. The average molecular weight is 620 g/mol. The van der Waals surface area contributed by atoms with E-state index in [9.17, 15) is 4.79 Å². The van der Waals surface area contributed by atoms with E-state index in [2.05, 4.69) is 76.9 Å². The molecule has 232 valence electrons. The van der Waals surface area contributed by atoms with E-state index in [1.165, 1.54) is 6.33 Å². The molecule has 1 amide bonds. The Morgan fingerprint density at radius 3 is 2.41 bits per heavy atom. The van der Waals surface area contributed by atoms with Crippen LogP contribution < -0.4 is 5.32 Å². The van der Waals surface area contributed by atoms with Crippen LogP contribution in [-0.2, 0) is 18.5 Å². The summed E-state index contributed by atoms with van der Waals surface area (Å²) >= 11 is 0. The number of hydrogen-bond donors (Lipinski definition) is 1. The Kier molecular flexibility index (Phi) is 8.56. The van der Waals surface area contributed by atoms with Crippen molar-refractivity contribution in [2.75, 3.05) is 19.0 Å². The van der Waals surface area contributed by atoms with E-state index in [0.29, 0.717) is 17.6 Å². The minimum atomic E-state index is -1.35.